The zero-order chi connectivity index (χ0) is 13.9. The maximum Gasteiger partial charge on any atom is 0.339 e. The van der Waals surface area contributed by atoms with Crippen LogP contribution in [0, 0.1) is 0 Å². The molecule has 0 heterocycles. The van der Waals surface area contributed by atoms with Crippen molar-refractivity contribution < 1.29 is 17.4 Å². The highest BCUT2D eigenvalue weighted by molar-refractivity contribution is 7.87. The van der Waals surface area contributed by atoms with E-state index in [-0.39, 0.29) is 16.2 Å². The number of hydrogen-bond acceptors (Lipinski definition) is 4. The van der Waals surface area contributed by atoms with Crippen molar-refractivity contribution in [3.8, 4) is 5.75 Å². The predicted octanol–water partition coefficient (Wildman–Crippen LogP) is 2.92. The van der Waals surface area contributed by atoms with E-state index in [4.69, 9.17) is 15.8 Å². The lowest BCUT2D eigenvalue weighted by atomic mass is 10.2. The van der Waals surface area contributed by atoms with E-state index in [0.29, 0.717) is 11.3 Å². The average Bonchev–Trinajstić information content (AvgIpc) is 2.39. The van der Waals surface area contributed by atoms with Gasteiger partial charge in [-0.3, -0.25) is 4.79 Å². The first-order valence-corrected chi connectivity index (χ1v) is 7.06. The molecule has 2 aromatic carbocycles. The van der Waals surface area contributed by atoms with Crippen LogP contribution in [-0.2, 0) is 10.1 Å². The van der Waals surface area contributed by atoms with E-state index < -0.39 is 10.1 Å². The van der Waals surface area contributed by atoms with E-state index in [1.54, 1.807) is 12.1 Å². The van der Waals surface area contributed by atoms with Gasteiger partial charge in [0.25, 0.3) is 0 Å². The van der Waals surface area contributed by atoms with Crippen LogP contribution in [-0.4, -0.2) is 14.7 Å². The molecule has 0 amide bonds. The molecule has 0 atom stereocenters. The van der Waals surface area contributed by atoms with Crippen LogP contribution >= 0.6 is 11.6 Å². The molecular weight excluding hydrogens is 288 g/mol. The fourth-order valence-electron chi connectivity index (χ4n) is 1.42. The summed E-state index contributed by atoms with van der Waals surface area (Å²) >= 11 is 5.69. The Morgan fingerprint density at radius 3 is 2.26 bits per heavy atom. The average molecular weight is 297 g/mol. The molecule has 0 spiro atoms. The molecule has 0 bridgehead atoms. The predicted molar refractivity (Wildman–Crippen MR) is 71.1 cm³/mol. The Labute approximate surface area is 115 Å². The van der Waals surface area contributed by atoms with E-state index >= 15 is 0 Å². The third-order valence-electron chi connectivity index (χ3n) is 2.35. The molecule has 6 heteroatoms. The van der Waals surface area contributed by atoms with Crippen molar-refractivity contribution in [1.29, 1.82) is 0 Å². The van der Waals surface area contributed by atoms with Crippen LogP contribution < -0.4 is 4.18 Å². The zero-order valence-corrected chi connectivity index (χ0v) is 11.2. The highest BCUT2D eigenvalue weighted by atomic mass is 35.5. The molecule has 0 radical (unpaired) electrons. The minimum Gasteiger partial charge on any atom is -0.378 e. The summed E-state index contributed by atoms with van der Waals surface area (Å²) in [4.78, 5) is 10.8. The van der Waals surface area contributed by atoms with Gasteiger partial charge in [-0.2, -0.15) is 8.42 Å². The number of benzene rings is 2. The number of rotatable bonds is 4. The number of hydrogen-bond donors (Lipinski definition) is 0. The van der Waals surface area contributed by atoms with E-state index in [1.165, 1.54) is 36.4 Å². The lowest BCUT2D eigenvalue weighted by Crippen LogP contribution is -2.10. The minimum absolute atomic E-state index is 0.00699. The molecule has 2 rings (SSSR count). The van der Waals surface area contributed by atoms with Crippen molar-refractivity contribution in [2.24, 2.45) is 0 Å². The highest BCUT2D eigenvalue weighted by Gasteiger charge is 2.18. The van der Waals surface area contributed by atoms with Crippen molar-refractivity contribution in [1.82, 2.24) is 0 Å². The standard InChI is InChI=1S/C13H9ClO4S/c14-11-5-7-12(8-6-11)19(16,17)18-13-4-2-1-3-10(13)9-15/h1-9H. The molecular formula is C13H9ClO4S. The van der Waals surface area contributed by atoms with Gasteiger partial charge in [-0.1, -0.05) is 23.7 Å². The van der Waals surface area contributed by atoms with Crippen LogP contribution in [0.15, 0.2) is 53.4 Å². The molecule has 2 aromatic rings. The van der Waals surface area contributed by atoms with Crippen molar-refractivity contribution in [2.75, 3.05) is 0 Å². The molecule has 0 N–H and O–H groups in total. The molecule has 0 aliphatic heterocycles. The Bertz CT molecular complexity index is 693. The maximum atomic E-state index is 12.0. The van der Waals surface area contributed by atoms with Gasteiger partial charge in [0.1, 0.15) is 4.90 Å². The summed E-state index contributed by atoms with van der Waals surface area (Å²) in [7, 11) is -3.98. The van der Waals surface area contributed by atoms with Crippen LogP contribution in [0.2, 0.25) is 5.02 Å². The Morgan fingerprint density at radius 2 is 1.63 bits per heavy atom. The van der Waals surface area contributed by atoms with E-state index in [9.17, 15) is 13.2 Å². The quantitative estimate of drug-likeness (QED) is 0.643. The summed E-state index contributed by atoms with van der Waals surface area (Å²) in [6.07, 6.45) is 0.534. The van der Waals surface area contributed by atoms with Gasteiger partial charge in [-0.05, 0) is 36.4 Å². The SMILES string of the molecule is O=Cc1ccccc1OS(=O)(=O)c1ccc(Cl)cc1. The third-order valence-corrected chi connectivity index (χ3v) is 3.85. The fraction of sp³-hybridized carbons (Fsp3) is 0. The van der Waals surface area contributed by atoms with E-state index in [0.717, 1.165) is 0 Å². The number of aldehydes is 1. The largest absolute Gasteiger partial charge is 0.378 e. The first-order chi connectivity index (χ1) is 9.03. The van der Waals surface area contributed by atoms with Crippen LogP contribution in [0.3, 0.4) is 0 Å². The summed E-state index contributed by atoms with van der Waals surface area (Å²) in [5.74, 6) is -0.00699. The Balaban J connectivity index is 2.36. The number of carbonyl (C=O) groups excluding carboxylic acids is 1. The monoisotopic (exact) mass is 296 g/mol. The second-order valence-electron chi connectivity index (χ2n) is 3.65. The van der Waals surface area contributed by atoms with Gasteiger partial charge >= 0.3 is 10.1 Å². The summed E-state index contributed by atoms with van der Waals surface area (Å²) in [5, 5.41) is 0.423. The number of carbonyl (C=O) groups is 1. The molecule has 0 fully saturated rings. The number of para-hydroxylation sites is 1. The fourth-order valence-corrected chi connectivity index (χ4v) is 2.50. The Kier molecular flexibility index (Phi) is 3.87. The van der Waals surface area contributed by atoms with Gasteiger partial charge in [0.05, 0.1) is 5.56 Å². The van der Waals surface area contributed by atoms with Gasteiger partial charge < -0.3 is 4.18 Å². The van der Waals surface area contributed by atoms with Crippen LogP contribution in [0.1, 0.15) is 10.4 Å². The molecule has 19 heavy (non-hydrogen) atoms. The lowest BCUT2D eigenvalue weighted by Gasteiger charge is -2.08. The third kappa shape index (κ3) is 3.13. The second kappa shape index (κ2) is 5.42. The molecule has 4 nitrogen and oxygen atoms in total. The van der Waals surface area contributed by atoms with Crippen molar-refractivity contribution in [3.63, 3.8) is 0 Å². The molecule has 0 unspecified atom stereocenters. The van der Waals surface area contributed by atoms with Gasteiger partial charge in [-0.25, -0.2) is 0 Å². The molecule has 98 valence electrons. The van der Waals surface area contributed by atoms with Crippen molar-refractivity contribution >= 4 is 28.0 Å². The first kappa shape index (κ1) is 13.6. The molecule has 0 aliphatic rings. The Morgan fingerprint density at radius 1 is 1.00 bits per heavy atom. The van der Waals surface area contributed by atoms with E-state index in [2.05, 4.69) is 0 Å². The zero-order valence-electron chi connectivity index (χ0n) is 9.62. The highest BCUT2D eigenvalue weighted by Crippen LogP contribution is 2.22. The minimum atomic E-state index is -3.98. The smallest absolute Gasteiger partial charge is 0.339 e. The van der Waals surface area contributed by atoms with E-state index in [1.807, 2.05) is 0 Å². The normalized spacial score (nSPS) is 11.0. The van der Waals surface area contributed by atoms with Crippen molar-refractivity contribution in [3.05, 3.63) is 59.1 Å². The summed E-state index contributed by atoms with van der Waals surface area (Å²) in [5.41, 5.74) is 0.167. The summed E-state index contributed by atoms with van der Waals surface area (Å²) in [6, 6.07) is 11.7. The van der Waals surface area contributed by atoms with Gasteiger partial charge in [0.2, 0.25) is 0 Å². The van der Waals surface area contributed by atoms with Gasteiger partial charge in [-0.15, -0.1) is 0 Å². The lowest BCUT2D eigenvalue weighted by molar-refractivity contribution is 0.112. The molecule has 0 saturated carbocycles. The van der Waals surface area contributed by atoms with Crippen molar-refractivity contribution in [2.45, 2.75) is 4.90 Å². The van der Waals surface area contributed by atoms with Crippen LogP contribution in [0.25, 0.3) is 0 Å². The van der Waals surface area contributed by atoms with Gasteiger partial charge in [0, 0.05) is 5.02 Å². The Hall–Kier alpha value is -1.85. The molecule has 0 aromatic heterocycles. The molecule has 0 saturated heterocycles. The van der Waals surface area contributed by atoms with Crippen LogP contribution in [0.4, 0.5) is 0 Å². The first-order valence-electron chi connectivity index (χ1n) is 5.27. The van der Waals surface area contributed by atoms with Crippen LogP contribution in [0.5, 0.6) is 5.75 Å². The topological polar surface area (TPSA) is 60.4 Å². The maximum absolute atomic E-state index is 12.0. The molecule has 0 aliphatic carbocycles. The second-order valence-corrected chi connectivity index (χ2v) is 5.63. The summed E-state index contributed by atoms with van der Waals surface area (Å²) in [6.45, 7) is 0. The summed E-state index contributed by atoms with van der Waals surface area (Å²) < 4.78 is 28.9. The van der Waals surface area contributed by atoms with Gasteiger partial charge in [0.15, 0.2) is 12.0 Å². The number of halogens is 1.